The van der Waals surface area contributed by atoms with Crippen LogP contribution in [-0.2, 0) is 9.53 Å². The van der Waals surface area contributed by atoms with Crippen LogP contribution in [0.4, 0.5) is 0 Å². The lowest BCUT2D eigenvalue weighted by Crippen LogP contribution is -2.50. The molecule has 1 fully saturated rings. The van der Waals surface area contributed by atoms with E-state index < -0.39 is 0 Å². The lowest BCUT2D eigenvalue weighted by Gasteiger charge is -2.42. The van der Waals surface area contributed by atoms with Gasteiger partial charge in [0.2, 0.25) is 0 Å². The summed E-state index contributed by atoms with van der Waals surface area (Å²) in [4.78, 5) is 13.9. The number of carbonyl (C=O) groups is 1. The molecule has 0 aromatic carbocycles. The Morgan fingerprint density at radius 3 is 2.73 bits per heavy atom. The fourth-order valence-corrected chi connectivity index (χ4v) is 2.11. The molecule has 0 aromatic rings. The standard InChI is InChI=1S/C12H23NO2/c1-5-12(2,3)13-8-6-7-10(9-13)11(14)15-4/h10H,5-9H2,1-4H3/t10-/m1/s1. The van der Waals surface area contributed by atoms with Crippen molar-refractivity contribution in [1.29, 1.82) is 0 Å². The molecule has 0 aromatic heterocycles. The highest BCUT2D eigenvalue weighted by Gasteiger charge is 2.33. The summed E-state index contributed by atoms with van der Waals surface area (Å²) in [5, 5.41) is 0. The number of esters is 1. The van der Waals surface area contributed by atoms with Crippen molar-refractivity contribution in [3.05, 3.63) is 0 Å². The molecule has 1 atom stereocenters. The first kappa shape index (κ1) is 12.5. The molecule has 3 heteroatoms. The Morgan fingerprint density at radius 2 is 2.20 bits per heavy atom. The molecule has 1 heterocycles. The first-order valence-corrected chi connectivity index (χ1v) is 5.84. The van der Waals surface area contributed by atoms with Crippen molar-refractivity contribution < 1.29 is 9.53 Å². The zero-order valence-corrected chi connectivity index (χ0v) is 10.4. The number of carbonyl (C=O) groups excluding carboxylic acids is 1. The first-order chi connectivity index (χ1) is 7.01. The van der Waals surface area contributed by atoms with Gasteiger partial charge < -0.3 is 4.74 Å². The number of ether oxygens (including phenoxy) is 1. The van der Waals surface area contributed by atoms with E-state index in [0.717, 1.165) is 32.4 Å². The van der Waals surface area contributed by atoms with Crippen LogP contribution in [0.15, 0.2) is 0 Å². The second-order valence-electron chi connectivity index (χ2n) is 4.97. The molecular formula is C12H23NO2. The molecule has 0 spiro atoms. The van der Waals surface area contributed by atoms with E-state index in [4.69, 9.17) is 4.74 Å². The highest BCUT2D eigenvalue weighted by Crippen LogP contribution is 2.26. The summed E-state index contributed by atoms with van der Waals surface area (Å²) in [6.07, 6.45) is 3.19. The summed E-state index contributed by atoms with van der Waals surface area (Å²) in [6.45, 7) is 8.64. The van der Waals surface area contributed by atoms with Crippen LogP contribution in [0, 0.1) is 5.92 Å². The third-order valence-electron chi connectivity index (χ3n) is 3.68. The molecule has 3 nitrogen and oxygen atoms in total. The van der Waals surface area contributed by atoms with E-state index >= 15 is 0 Å². The molecule has 1 saturated heterocycles. The number of rotatable bonds is 3. The van der Waals surface area contributed by atoms with Crippen LogP contribution >= 0.6 is 0 Å². The van der Waals surface area contributed by atoms with Gasteiger partial charge in [0.25, 0.3) is 0 Å². The van der Waals surface area contributed by atoms with E-state index in [9.17, 15) is 4.79 Å². The topological polar surface area (TPSA) is 29.5 Å². The molecule has 15 heavy (non-hydrogen) atoms. The van der Waals surface area contributed by atoms with Crippen LogP contribution in [0.1, 0.15) is 40.0 Å². The average molecular weight is 213 g/mol. The Morgan fingerprint density at radius 1 is 1.53 bits per heavy atom. The molecule has 0 saturated carbocycles. The second kappa shape index (κ2) is 4.97. The second-order valence-corrected chi connectivity index (χ2v) is 4.97. The summed E-state index contributed by atoms with van der Waals surface area (Å²) in [5.74, 6) is 0.0289. The largest absolute Gasteiger partial charge is 0.469 e. The average Bonchev–Trinajstić information content (AvgIpc) is 2.28. The molecule has 0 bridgehead atoms. The third kappa shape index (κ3) is 2.94. The first-order valence-electron chi connectivity index (χ1n) is 5.84. The van der Waals surface area contributed by atoms with Crippen LogP contribution in [0.2, 0.25) is 0 Å². The Kier molecular flexibility index (Phi) is 4.14. The number of methoxy groups -OCH3 is 1. The predicted molar refractivity (Wildman–Crippen MR) is 60.7 cm³/mol. The zero-order valence-electron chi connectivity index (χ0n) is 10.4. The van der Waals surface area contributed by atoms with Crippen molar-refractivity contribution in [2.75, 3.05) is 20.2 Å². The Hall–Kier alpha value is -0.570. The van der Waals surface area contributed by atoms with E-state index in [0.29, 0.717) is 0 Å². The van der Waals surface area contributed by atoms with Gasteiger partial charge in [0.15, 0.2) is 0 Å². The van der Waals surface area contributed by atoms with Crippen molar-refractivity contribution in [3.63, 3.8) is 0 Å². The van der Waals surface area contributed by atoms with Gasteiger partial charge in [-0.05, 0) is 39.7 Å². The fourth-order valence-electron chi connectivity index (χ4n) is 2.11. The maximum absolute atomic E-state index is 11.5. The molecule has 1 aliphatic rings. The SMILES string of the molecule is CCC(C)(C)N1CCC[C@@H](C(=O)OC)C1. The number of likely N-dealkylation sites (tertiary alicyclic amines) is 1. The van der Waals surface area contributed by atoms with E-state index in [1.807, 2.05) is 0 Å². The highest BCUT2D eigenvalue weighted by atomic mass is 16.5. The minimum atomic E-state index is -0.0494. The van der Waals surface area contributed by atoms with Gasteiger partial charge in [-0.2, -0.15) is 0 Å². The van der Waals surface area contributed by atoms with Gasteiger partial charge in [0.05, 0.1) is 13.0 Å². The van der Waals surface area contributed by atoms with E-state index in [-0.39, 0.29) is 17.4 Å². The molecule has 0 amide bonds. The number of piperidine rings is 1. The maximum atomic E-state index is 11.5. The molecular weight excluding hydrogens is 190 g/mol. The van der Waals surface area contributed by atoms with Gasteiger partial charge >= 0.3 is 5.97 Å². The van der Waals surface area contributed by atoms with Crippen molar-refractivity contribution in [2.24, 2.45) is 5.92 Å². The summed E-state index contributed by atoms with van der Waals surface area (Å²) in [6, 6.07) is 0. The fraction of sp³-hybridized carbons (Fsp3) is 0.917. The number of nitrogens with zero attached hydrogens (tertiary/aromatic N) is 1. The lowest BCUT2D eigenvalue weighted by molar-refractivity contribution is -0.148. The summed E-state index contributed by atoms with van der Waals surface area (Å²) in [5.41, 5.74) is 0.201. The number of hydrogen-bond donors (Lipinski definition) is 0. The molecule has 1 rings (SSSR count). The van der Waals surface area contributed by atoms with E-state index in [1.165, 1.54) is 7.11 Å². The molecule has 0 radical (unpaired) electrons. The molecule has 0 unspecified atom stereocenters. The van der Waals surface area contributed by atoms with E-state index in [1.54, 1.807) is 0 Å². The van der Waals surface area contributed by atoms with Crippen molar-refractivity contribution in [1.82, 2.24) is 4.90 Å². The van der Waals surface area contributed by atoms with Crippen LogP contribution in [0.3, 0.4) is 0 Å². The van der Waals surface area contributed by atoms with Crippen molar-refractivity contribution in [2.45, 2.75) is 45.6 Å². The quantitative estimate of drug-likeness (QED) is 0.672. The Bertz CT molecular complexity index is 226. The van der Waals surface area contributed by atoms with Gasteiger partial charge in [0.1, 0.15) is 0 Å². The zero-order chi connectivity index (χ0) is 11.5. The lowest BCUT2D eigenvalue weighted by atomic mass is 9.91. The maximum Gasteiger partial charge on any atom is 0.309 e. The van der Waals surface area contributed by atoms with Gasteiger partial charge in [-0.1, -0.05) is 6.92 Å². The van der Waals surface area contributed by atoms with Gasteiger partial charge in [-0.25, -0.2) is 0 Å². The van der Waals surface area contributed by atoms with Crippen LogP contribution < -0.4 is 0 Å². The monoisotopic (exact) mass is 213 g/mol. The normalized spacial score (nSPS) is 23.9. The Balaban J connectivity index is 2.60. The molecule has 1 aliphatic heterocycles. The predicted octanol–water partition coefficient (Wildman–Crippen LogP) is 2.06. The molecule has 0 N–H and O–H groups in total. The van der Waals surface area contributed by atoms with Crippen molar-refractivity contribution >= 4 is 5.97 Å². The van der Waals surface area contributed by atoms with Gasteiger partial charge in [0, 0.05) is 12.1 Å². The van der Waals surface area contributed by atoms with E-state index in [2.05, 4.69) is 25.7 Å². The summed E-state index contributed by atoms with van der Waals surface area (Å²) >= 11 is 0. The minimum Gasteiger partial charge on any atom is -0.469 e. The highest BCUT2D eigenvalue weighted by molar-refractivity contribution is 5.72. The van der Waals surface area contributed by atoms with Gasteiger partial charge in [-0.3, -0.25) is 9.69 Å². The third-order valence-corrected chi connectivity index (χ3v) is 3.68. The summed E-state index contributed by atoms with van der Waals surface area (Å²) in [7, 11) is 1.48. The minimum absolute atomic E-state index is 0.0494. The van der Waals surface area contributed by atoms with Crippen molar-refractivity contribution in [3.8, 4) is 0 Å². The Labute approximate surface area is 92.8 Å². The summed E-state index contributed by atoms with van der Waals surface area (Å²) < 4.78 is 4.82. The number of hydrogen-bond acceptors (Lipinski definition) is 3. The van der Waals surface area contributed by atoms with Crippen LogP contribution in [-0.4, -0.2) is 36.6 Å². The smallest absolute Gasteiger partial charge is 0.309 e. The van der Waals surface area contributed by atoms with Crippen LogP contribution in [0.25, 0.3) is 0 Å². The van der Waals surface area contributed by atoms with Crippen LogP contribution in [0.5, 0.6) is 0 Å². The molecule has 0 aliphatic carbocycles. The molecule has 88 valence electrons. The van der Waals surface area contributed by atoms with Gasteiger partial charge in [-0.15, -0.1) is 0 Å².